The summed E-state index contributed by atoms with van der Waals surface area (Å²) in [5.41, 5.74) is 6.50. The zero-order valence-electron chi connectivity index (χ0n) is 15.8. The van der Waals surface area contributed by atoms with Crippen LogP contribution in [0.4, 0.5) is 13.2 Å². The van der Waals surface area contributed by atoms with Gasteiger partial charge in [-0.15, -0.1) is 13.2 Å². The van der Waals surface area contributed by atoms with Crippen molar-refractivity contribution in [1.29, 1.82) is 0 Å². The Balaban J connectivity index is 1.79. The van der Waals surface area contributed by atoms with Crippen LogP contribution < -0.4 is 15.2 Å². The maximum atomic E-state index is 12.2. The van der Waals surface area contributed by atoms with Gasteiger partial charge in [-0.25, -0.2) is 4.98 Å². The Bertz CT molecular complexity index is 1050. The topological polar surface area (TPSA) is 115 Å². The van der Waals surface area contributed by atoms with E-state index in [0.717, 1.165) is 12.1 Å². The monoisotopic (exact) mass is 434 g/mol. The first-order valence-corrected chi connectivity index (χ1v) is 8.89. The molecule has 31 heavy (non-hydrogen) atoms. The first kappa shape index (κ1) is 22.1. The predicted octanol–water partition coefficient (Wildman–Crippen LogP) is 3.56. The summed E-state index contributed by atoms with van der Waals surface area (Å²) in [6.07, 6.45) is -6.04. The molecule has 7 nitrogen and oxygen atoms in total. The van der Waals surface area contributed by atoms with Crippen molar-refractivity contribution < 1.29 is 37.7 Å². The van der Waals surface area contributed by atoms with E-state index in [-0.39, 0.29) is 17.1 Å². The number of primary amides is 1. The van der Waals surface area contributed by atoms with Gasteiger partial charge in [-0.05, 0) is 59.7 Å². The molecule has 1 atom stereocenters. The number of hydrogen-bond acceptors (Lipinski definition) is 6. The second-order valence-corrected chi connectivity index (χ2v) is 6.37. The minimum atomic E-state index is -4.77. The Morgan fingerprint density at radius 2 is 1.52 bits per heavy atom. The van der Waals surface area contributed by atoms with Crippen molar-refractivity contribution in [2.24, 2.45) is 5.73 Å². The van der Waals surface area contributed by atoms with Gasteiger partial charge in [0.1, 0.15) is 29.0 Å². The van der Waals surface area contributed by atoms with Crippen LogP contribution in [0, 0.1) is 0 Å². The molecule has 0 radical (unpaired) electrons. The van der Waals surface area contributed by atoms with Crippen LogP contribution in [0.15, 0.2) is 60.7 Å². The van der Waals surface area contributed by atoms with Gasteiger partial charge in [0.15, 0.2) is 0 Å². The van der Waals surface area contributed by atoms with Gasteiger partial charge in [0.25, 0.3) is 5.91 Å². The van der Waals surface area contributed by atoms with Crippen molar-refractivity contribution in [1.82, 2.24) is 4.98 Å². The number of aromatic nitrogens is 1. The number of alkyl halides is 3. The number of hydrogen-bond donors (Lipinski definition) is 3. The van der Waals surface area contributed by atoms with Crippen LogP contribution in [-0.2, 0) is 0 Å². The molecule has 0 aliphatic carbocycles. The molecule has 162 valence electrons. The van der Waals surface area contributed by atoms with Crippen molar-refractivity contribution in [2.75, 3.05) is 6.61 Å². The zero-order chi connectivity index (χ0) is 22.6. The van der Waals surface area contributed by atoms with E-state index >= 15 is 0 Å². The summed E-state index contributed by atoms with van der Waals surface area (Å²) in [5.74, 6) is -0.436. The average molecular weight is 434 g/mol. The van der Waals surface area contributed by atoms with Gasteiger partial charge < -0.3 is 25.4 Å². The Morgan fingerprint density at radius 3 is 2.03 bits per heavy atom. The molecule has 0 bridgehead atoms. The quantitative estimate of drug-likeness (QED) is 0.524. The van der Waals surface area contributed by atoms with E-state index in [4.69, 9.17) is 15.6 Å². The minimum Gasteiger partial charge on any atom is -0.457 e. The summed E-state index contributed by atoms with van der Waals surface area (Å²) in [7, 11) is 0. The Labute approximate surface area is 174 Å². The van der Waals surface area contributed by atoms with E-state index in [1.165, 1.54) is 24.3 Å². The molecule has 0 unspecified atom stereocenters. The van der Waals surface area contributed by atoms with Crippen LogP contribution in [0.2, 0.25) is 0 Å². The molecule has 10 heteroatoms. The van der Waals surface area contributed by atoms with Crippen LogP contribution in [0.25, 0.3) is 11.1 Å². The summed E-state index contributed by atoms with van der Waals surface area (Å²) in [5, 5.41) is 19.0. The molecule has 4 N–H and O–H groups in total. The van der Waals surface area contributed by atoms with E-state index in [9.17, 15) is 23.1 Å². The predicted molar refractivity (Wildman–Crippen MR) is 103 cm³/mol. The minimum absolute atomic E-state index is 0.0681. The van der Waals surface area contributed by atoms with Crippen molar-refractivity contribution in [3.05, 3.63) is 72.1 Å². The highest BCUT2D eigenvalue weighted by atomic mass is 19.4. The Hall–Kier alpha value is -3.63. The first-order chi connectivity index (χ1) is 14.6. The van der Waals surface area contributed by atoms with E-state index < -0.39 is 25.0 Å². The fourth-order valence-corrected chi connectivity index (χ4v) is 2.67. The molecule has 0 aliphatic heterocycles. The number of ether oxygens (including phenoxy) is 2. The Kier molecular flexibility index (Phi) is 6.42. The number of pyridine rings is 1. The van der Waals surface area contributed by atoms with Gasteiger partial charge in [0.05, 0.1) is 12.3 Å². The third kappa shape index (κ3) is 5.93. The van der Waals surface area contributed by atoms with Crippen molar-refractivity contribution in [3.8, 4) is 28.4 Å². The fraction of sp³-hybridized carbons (Fsp3) is 0.143. The number of rotatable bonds is 7. The molecule has 0 spiro atoms. The summed E-state index contributed by atoms with van der Waals surface area (Å²) >= 11 is 0. The van der Waals surface area contributed by atoms with Crippen LogP contribution in [0.3, 0.4) is 0 Å². The smallest absolute Gasteiger partial charge is 0.457 e. The van der Waals surface area contributed by atoms with Gasteiger partial charge in [-0.3, -0.25) is 4.79 Å². The van der Waals surface area contributed by atoms with Crippen molar-refractivity contribution in [2.45, 2.75) is 12.5 Å². The number of aliphatic hydroxyl groups is 2. The van der Waals surface area contributed by atoms with Crippen LogP contribution in [0.5, 0.6) is 17.2 Å². The molecule has 1 amide bonds. The maximum absolute atomic E-state index is 12.2. The number of nitrogens with two attached hydrogens (primary N) is 1. The molecular weight excluding hydrogens is 417 g/mol. The van der Waals surface area contributed by atoms with E-state index in [0.29, 0.717) is 22.6 Å². The zero-order valence-corrected chi connectivity index (χ0v) is 15.8. The molecule has 0 saturated carbocycles. The molecule has 1 aromatic heterocycles. The van der Waals surface area contributed by atoms with Gasteiger partial charge in [-0.2, -0.15) is 0 Å². The number of benzene rings is 2. The molecule has 3 aromatic rings. The van der Waals surface area contributed by atoms with Crippen molar-refractivity contribution >= 4 is 5.91 Å². The van der Waals surface area contributed by atoms with Crippen LogP contribution in [0.1, 0.15) is 22.3 Å². The maximum Gasteiger partial charge on any atom is 0.573 e. The number of halogens is 3. The number of aliphatic hydroxyl groups excluding tert-OH is 2. The van der Waals surface area contributed by atoms with Gasteiger partial charge in [0, 0.05) is 0 Å². The highest BCUT2D eigenvalue weighted by Gasteiger charge is 2.31. The summed E-state index contributed by atoms with van der Waals surface area (Å²) in [6, 6.07) is 14.5. The average Bonchev–Trinajstić information content (AvgIpc) is 2.73. The summed E-state index contributed by atoms with van der Waals surface area (Å²) in [6.45, 7) is -0.575. The molecule has 1 heterocycles. The second kappa shape index (κ2) is 9.02. The number of nitrogens with zero attached hydrogens (tertiary/aromatic N) is 1. The van der Waals surface area contributed by atoms with Gasteiger partial charge in [-0.1, -0.05) is 12.1 Å². The molecule has 3 rings (SSSR count). The number of amides is 1. The fourth-order valence-electron chi connectivity index (χ4n) is 2.67. The largest absolute Gasteiger partial charge is 0.573 e. The lowest BCUT2D eigenvalue weighted by molar-refractivity contribution is -0.274. The van der Waals surface area contributed by atoms with Crippen LogP contribution >= 0.6 is 0 Å². The normalized spacial score (nSPS) is 12.3. The third-order valence-corrected chi connectivity index (χ3v) is 4.09. The van der Waals surface area contributed by atoms with E-state index in [1.807, 2.05) is 0 Å². The lowest BCUT2D eigenvalue weighted by atomic mass is 10.0. The second-order valence-electron chi connectivity index (χ2n) is 6.37. The van der Waals surface area contributed by atoms with Gasteiger partial charge in [0.2, 0.25) is 0 Å². The SMILES string of the molecule is NC(=O)c1cc(-c2ccc(Oc3ccc(OC(F)(F)F)cc3)cc2)cc([C@H](O)CO)n1. The Morgan fingerprint density at radius 1 is 0.968 bits per heavy atom. The molecular formula is C21H17F3N2O5. The van der Waals surface area contributed by atoms with Gasteiger partial charge >= 0.3 is 6.36 Å². The summed E-state index contributed by atoms with van der Waals surface area (Å²) in [4.78, 5) is 15.5. The molecule has 0 aliphatic rings. The lowest BCUT2D eigenvalue weighted by Crippen LogP contribution is -2.16. The highest BCUT2D eigenvalue weighted by Crippen LogP contribution is 2.29. The number of carbonyl (C=O) groups excluding carboxylic acids is 1. The lowest BCUT2D eigenvalue weighted by Gasteiger charge is -2.12. The highest BCUT2D eigenvalue weighted by molar-refractivity contribution is 5.92. The standard InChI is InChI=1S/C21H17F3N2O5/c22-21(23,24)31-16-7-5-15(6-8-16)30-14-3-1-12(2-4-14)13-9-17(19(28)11-27)26-18(10-13)20(25)29/h1-10,19,27-28H,11H2,(H2,25,29)/t19-/m1/s1. The van der Waals surface area contributed by atoms with Crippen molar-refractivity contribution in [3.63, 3.8) is 0 Å². The molecule has 0 saturated heterocycles. The third-order valence-electron chi connectivity index (χ3n) is 4.09. The summed E-state index contributed by atoms with van der Waals surface area (Å²) < 4.78 is 46.1. The van der Waals surface area contributed by atoms with E-state index in [2.05, 4.69) is 9.72 Å². The molecule has 0 fully saturated rings. The first-order valence-electron chi connectivity index (χ1n) is 8.89. The van der Waals surface area contributed by atoms with E-state index in [1.54, 1.807) is 24.3 Å². The van der Waals surface area contributed by atoms with Crippen LogP contribution in [-0.4, -0.2) is 34.1 Å². The number of carbonyl (C=O) groups is 1. The molecule has 2 aromatic carbocycles.